The Kier molecular flexibility index (Phi) is 3.89. The van der Waals surface area contributed by atoms with Gasteiger partial charge in [-0.05, 0) is 23.4 Å². The summed E-state index contributed by atoms with van der Waals surface area (Å²) in [4.78, 5) is 5.35. The molecule has 0 aliphatic rings. The van der Waals surface area contributed by atoms with Crippen LogP contribution in [0.5, 0.6) is 0 Å². The summed E-state index contributed by atoms with van der Waals surface area (Å²) < 4.78 is 0. The van der Waals surface area contributed by atoms with Crippen LogP contribution in [0.4, 0.5) is 0 Å². The first-order valence-electron chi connectivity index (χ1n) is 6.35. The molecule has 106 valence electrons. The van der Waals surface area contributed by atoms with Gasteiger partial charge in [0.05, 0.1) is 6.54 Å². The van der Waals surface area contributed by atoms with Crippen LogP contribution >= 0.6 is 11.6 Å². The van der Waals surface area contributed by atoms with Gasteiger partial charge >= 0.3 is 0 Å². The van der Waals surface area contributed by atoms with Crippen LogP contribution in [0.2, 0.25) is 5.02 Å². The molecule has 1 unspecified atom stereocenters. The monoisotopic (exact) mass is 301 g/mol. The van der Waals surface area contributed by atoms with Crippen LogP contribution in [0, 0.1) is 0 Å². The normalized spacial score (nSPS) is 12.3. The van der Waals surface area contributed by atoms with Crippen molar-refractivity contribution in [1.82, 2.24) is 25.2 Å². The fraction of sp³-hybridized carbons (Fsp3) is 0.143. The number of tetrazole rings is 1. The molecule has 2 heterocycles. The first-order valence-corrected chi connectivity index (χ1v) is 6.72. The summed E-state index contributed by atoms with van der Waals surface area (Å²) in [6.45, 7) is 0.178. The highest BCUT2D eigenvalue weighted by Gasteiger charge is 2.14. The average Bonchev–Trinajstić information content (AvgIpc) is 2.97. The second-order valence-corrected chi connectivity index (χ2v) is 4.85. The molecule has 0 aliphatic carbocycles. The number of aliphatic hydroxyl groups excluding tert-OH is 1. The molecule has 0 bridgehead atoms. The fourth-order valence-electron chi connectivity index (χ4n) is 1.93. The van der Waals surface area contributed by atoms with E-state index in [2.05, 4.69) is 20.4 Å². The van der Waals surface area contributed by atoms with Crippen molar-refractivity contribution in [2.75, 3.05) is 0 Å². The van der Waals surface area contributed by atoms with Crippen LogP contribution in [0.25, 0.3) is 11.4 Å². The summed E-state index contributed by atoms with van der Waals surface area (Å²) in [5.74, 6) is 0.467. The number of pyridine rings is 1. The summed E-state index contributed by atoms with van der Waals surface area (Å²) in [7, 11) is 0. The van der Waals surface area contributed by atoms with E-state index in [1.807, 2.05) is 18.2 Å². The highest BCUT2D eigenvalue weighted by atomic mass is 35.5. The SMILES string of the molecule is OC(Cn1nnc(-c2cccnc2)n1)c1ccccc1Cl. The number of hydrogen-bond acceptors (Lipinski definition) is 5. The minimum atomic E-state index is -0.797. The van der Waals surface area contributed by atoms with Gasteiger partial charge < -0.3 is 5.11 Å². The smallest absolute Gasteiger partial charge is 0.206 e. The Bertz CT molecular complexity index is 731. The number of nitrogens with zero attached hydrogens (tertiary/aromatic N) is 5. The van der Waals surface area contributed by atoms with E-state index >= 15 is 0 Å². The highest BCUT2D eigenvalue weighted by molar-refractivity contribution is 6.31. The molecule has 3 aromatic rings. The van der Waals surface area contributed by atoms with E-state index in [0.29, 0.717) is 16.4 Å². The molecule has 0 saturated carbocycles. The molecule has 0 amide bonds. The number of benzene rings is 1. The van der Waals surface area contributed by atoms with E-state index in [9.17, 15) is 5.11 Å². The molecule has 7 heteroatoms. The lowest BCUT2D eigenvalue weighted by atomic mass is 10.1. The standard InChI is InChI=1S/C14H12ClN5O/c15-12-6-2-1-5-11(12)13(21)9-20-18-14(17-19-20)10-4-3-7-16-8-10/h1-8,13,21H,9H2. The van der Waals surface area contributed by atoms with E-state index in [1.54, 1.807) is 30.6 Å². The molecule has 0 radical (unpaired) electrons. The first-order chi connectivity index (χ1) is 10.2. The molecule has 2 aromatic heterocycles. The summed E-state index contributed by atoms with van der Waals surface area (Å²) in [5, 5.41) is 22.8. The number of hydrogen-bond donors (Lipinski definition) is 1. The second kappa shape index (κ2) is 5.99. The summed E-state index contributed by atoms with van der Waals surface area (Å²) in [6, 6.07) is 10.8. The summed E-state index contributed by atoms with van der Waals surface area (Å²) >= 11 is 6.05. The fourth-order valence-corrected chi connectivity index (χ4v) is 2.19. The van der Waals surface area contributed by atoms with Gasteiger partial charge in [0.2, 0.25) is 5.82 Å². The zero-order chi connectivity index (χ0) is 14.7. The Balaban J connectivity index is 1.77. The van der Waals surface area contributed by atoms with Crippen molar-refractivity contribution in [2.45, 2.75) is 12.6 Å². The van der Waals surface area contributed by atoms with Gasteiger partial charge in [-0.2, -0.15) is 4.80 Å². The van der Waals surface area contributed by atoms with Crippen LogP contribution < -0.4 is 0 Å². The number of rotatable bonds is 4. The zero-order valence-corrected chi connectivity index (χ0v) is 11.7. The highest BCUT2D eigenvalue weighted by Crippen LogP contribution is 2.23. The van der Waals surface area contributed by atoms with E-state index in [4.69, 9.17) is 11.6 Å². The number of aromatic nitrogens is 5. The lowest BCUT2D eigenvalue weighted by molar-refractivity contribution is 0.144. The maximum Gasteiger partial charge on any atom is 0.206 e. The molecule has 0 spiro atoms. The van der Waals surface area contributed by atoms with Crippen LogP contribution in [-0.2, 0) is 6.54 Å². The van der Waals surface area contributed by atoms with Gasteiger partial charge in [0, 0.05) is 28.5 Å². The third kappa shape index (κ3) is 3.07. The van der Waals surface area contributed by atoms with Gasteiger partial charge in [-0.1, -0.05) is 29.8 Å². The van der Waals surface area contributed by atoms with Gasteiger partial charge in [0.25, 0.3) is 0 Å². The van der Waals surface area contributed by atoms with Gasteiger partial charge in [-0.15, -0.1) is 10.2 Å². The largest absolute Gasteiger partial charge is 0.386 e. The van der Waals surface area contributed by atoms with Crippen molar-refractivity contribution in [3.63, 3.8) is 0 Å². The predicted octanol–water partition coefficient (Wildman–Crippen LogP) is 2.12. The van der Waals surface area contributed by atoms with E-state index in [1.165, 1.54) is 4.80 Å². The Morgan fingerprint density at radius 3 is 2.81 bits per heavy atom. The Morgan fingerprint density at radius 1 is 1.19 bits per heavy atom. The molecule has 0 saturated heterocycles. The Hall–Kier alpha value is -2.31. The van der Waals surface area contributed by atoms with Gasteiger partial charge in [-0.25, -0.2) is 0 Å². The molecule has 0 aliphatic heterocycles. The van der Waals surface area contributed by atoms with E-state index in [0.717, 1.165) is 5.56 Å². The Morgan fingerprint density at radius 2 is 2.05 bits per heavy atom. The third-order valence-corrected chi connectivity index (χ3v) is 3.32. The molecule has 1 N–H and O–H groups in total. The van der Waals surface area contributed by atoms with Crippen molar-refractivity contribution in [2.24, 2.45) is 0 Å². The van der Waals surface area contributed by atoms with Crippen LogP contribution in [0.15, 0.2) is 48.8 Å². The quantitative estimate of drug-likeness (QED) is 0.799. The molecule has 3 rings (SSSR count). The second-order valence-electron chi connectivity index (χ2n) is 4.45. The van der Waals surface area contributed by atoms with Crippen LogP contribution in [0.3, 0.4) is 0 Å². The number of aliphatic hydroxyl groups is 1. The summed E-state index contributed by atoms with van der Waals surface area (Å²) in [5.41, 5.74) is 1.41. The first kappa shape index (κ1) is 13.7. The maximum absolute atomic E-state index is 10.2. The van der Waals surface area contributed by atoms with Crippen molar-refractivity contribution < 1.29 is 5.11 Å². The molecule has 1 atom stereocenters. The van der Waals surface area contributed by atoms with Crippen molar-refractivity contribution in [3.8, 4) is 11.4 Å². The summed E-state index contributed by atoms with van der Waals surface area (Å²) in [6.07, 6.45) is 2.54. The topological polar surface area (TPSA) is 76.7 Å². The lowest BCUT2D eigenvalue weighted by Gasteiger charge is -2.11. The molecular weight excluding hydrogens is 290 g/mol. The van der Waals surface area contributed by atoms with E-state index < -0.39 is 6.10 Å². The van der Waals surface area contributed by atoms with Crippen molar-refractivity contribution >= 4 is 11.6 Å². The molecule has 21 heavy (non-hydrogen) atoms. The molecule has 1 aromatic carbocycles. The maximum atomic E-state index is 10.2. The van der Waals surface area contributed by atoms with Crippen LogP contribution in [0.1, 0.15) is 11.7 Å². The van der Waals surface area contributed by atoms with Gasteiger partial charge in [0.1, 0.15) is 6.10 Å². The average molecular weight is 302 g/mol. The number of halogens is 1. The van der Waals surface area contributed by atoms with Gasteiger partial charge in [0.15, 0.2) is 0 Å². The van der Waals surface area contributed by atoms with Crippen molar-refractivity contribution in [1.29, 1.82) is 0 Å². The van der Waals surface area contributed by atoms with E-state index in [-0.39, 0.29) is 6.54 Å². The predicted molar refractivity (Wildman–Crippen MR) is 77.5 cm³/mol. The Labute approximate surface area is 126 Å². The minimum Gasteiger partial charge on any atom is -0.386 e. The zero-order valence-electron chi connectivity index (χ0n) is 11.0. The molecular formula is C14H12ClN5O. The molecule has 6 nitrogen and oxygen atoms in total. The third-order valence-electron chi connectivity index (χ3n) is 2.97. The van der Waals surface area contributed by atoms with Gasteiger partial charge in [-0.3, -0.25) is 4.98 Å². The molecule has 0 fully saturated rings. The van der Waals surface area contributed by atoms with Crippen LogP contribution in [-0.4, -0.2) is 30.3 Å². The lowest BCUT2D eigenvalue weighted by Crippen LogP contribution is -2.12. The minimum absolute atomic E-state index is 0.178. The van der Waals surface area contributed by atoms with Crippen molar-refractivity contribution in [3.05, 3.63) is 59.4 Å².